The number of nitrogens with one attached hydrogen (secondary N) is 2. The standard InChI is InChI=1S/C21H18FN3O2S/c22-16-8-4-13(5-9-16)10-18-12-23-21(28-18)25-20(27)15-2-1-3-17(11-15)24-19(26)14-6-7-14/h1-5,8-9,11-12,14H,6-7,10H2,(H,24,26)(H,23,25,27). The monoisotopic (exact) mass is 395 g/mol. The number of benzene rings is 2. The molecule has 1 fully saturated rings. The number of thiazole rings is 1. The maximum absolute atomic E-state index is 13.0. The van der Waals surface area contributed by atoms with E-state index >= 15 is 0 Å². The van der Waals surface area contributed by atoms with Crippen molar-refractivity contribution >= 4 is 34.0 Å². The van der Waals surface area contributed by atoms with Crippen LogP contribution in [0.15, 0.2) is 54.7 Å². The molecule has 3 aromatic rings. The van der Waals surface area contributed by atoms with Crippen molar-refractivity contribution in [1.82, 2.24) is 4.98 Å². The summed E-state index contributed by atoms with van der Waals surface area (Å²) in [6.07, 6.45) is 4.18. The lowest BCUT2D eigenvalue weighted by Gasteiger charge is -2.07. The number of anilines is 2. The Hall–Kier alpha value is -3.06. The molecule has 0 spiro atoms. The van der Waals surface area contributed by atoms with Crippen molar-refractivity contribution in [2.24, 2.45) is 5.92 Å². The first-order valence-electron chi connectivity index (χ1n) is 8.98. The van der Waals surface area contributed by atoms with E-state index in [9.17, 15) is 14.0 Å². The first-order chi connectivity index (χ1) is 13.6. The first-order valence-corrected chi connectivity index (χ1v) is 9.80. The molecule has 7 heteroatoms. The number of halogens is 1. The fourth-order valence-corrected chi connectivity index (χ4v) is 3.59. The number of amides is 2. The third kappa shape index (κ3) is 4.61. The van der Waals surface area contributed by atoms with Gasteiger partial charge in [-0.15, -0.1) is 11.3 Å². The average molecular weight is 395 g/mol. The fraction of sp³-hybridized carbons (Fsp3) is 0.190. The van der Waals surface area contributed by atoms with Crippen molar-refractivity contribution in [3.8, 4) is 0 Å². The van der Waals surface area contributed by atoms with Crippen LogP contribution in [-0.4, -0.2) is 16.8 Å². The third-order valence-electron chi connectivity index (χ3n) is 4.41. The van der Waals surface area contributed by atoms with Gasteiger partial charge in [0.05, 0.1) is 0 Å². The molecule has 0 aliphatic heterocycles. The van der Waals surface area contributed by atoms with E-state index in [0.29, 0.717) is 22.8 Å². The van der Waals surface area contributed by atoms with Gasteiger partial charge in [0, 0.05) is 34.7 Å². The molecule has 142 valence electrons. The molecular formula is C21H18FN3O2S. The lowest BCUT2D eigenvalue weighted by atomic mass is 10.1. The maximum atomic E-state index is 13.0. The molecule has 2 aromatic carbocycles. The van der Waals surface area contributed by atoms with E-state index in [0.717, 1.165) is 23.3 Å². The molecule has 2 N–H and O–H groups in total. The smallest absolute Gasteiger partial charge is 0.257 e. The van der Waals surface area contributed by atoms with Gasteiger partial charge in [-0.05, 0) is 48.7 Å². The Morgan fingerprint density at radius 1 is 1.11 bits per heavy atom. The van der Waals surface area contributed by atoms with E-state index in [4.69, 9.17) is 0 Å². The van der Waals surface area contributed by atoms with Crippen LogP contribution in [0.1, 0.15) is 33.6 Å². The van der Waals surface area contributed by atoms with Gasteiger partial charge in [0.25, 0.3) is 5.91 Å². The summed E-state index contributed by atoms with van der Waals surface area (Å²) >= 11 is 1.38. The Bertz CT molecular complexity index is 1010. The second-order valence-corrected chi connectivity index (χ2v) is 7.85. The SMILES string of the molecule is O=C(Nc1ncc(Cc2ccc(F)cc2)s1)c1cccc(NC(=O)C2CC2)c1. The van der Waals surface area contributed by atoms with E-state index in [2.05, 4.69) is 15.6 Å². The molecule has 1 aromatic heterocycles. The van der Waals surface area contributed by atoms with Crippen LogP contribution in [0, 0.1) is 11.7 Å². The van der Waals surface area contributed by atoms with Crippen LogP contribution in [0.4, 0.5) is 15.2 Å². The van der Waals surface area contributed by atoms with Gasteiger partial charge in [0.15, 0.2) is 5.13 Å². The molecule has 0 atom stereocenters. The van der Waals surface area contributed by atoms with Gasteiger partial charge in [0.2, 0.25) is 5.91 Å². The molecular weight excluding hydrogens is 377 g/mol. The molecule has 0 bridgehead atoms. The number of nitrogens with zero attached hydrogens (tertiary/aromatic N) is 1. The first kappa shape index (κ1) is 18.3. The van der Waals surface area contributed by atoms with Gasteiger partial charge in [-0.3, -0.25) is 14.9 Å². The number of carbonyl (C=O) groups excluding carboxylic acids is 2. The van der Waals surface area contributed by atoms with Gasteiger partial charge in [-0.25, -0.2) is 9.37 Å². The van der Waals surface area contributed by atoms with Crippen molar-refractivity contribution in [3.63, 3.8) is 0 Å². The van der Waals surface area contributed by atoms with Crippen molar-refractivity contribution in [3.05, 3.63) is 76.5 Å². The Labute approximate surface area is 165 Å². The summed E-state index contributed by atoms with van der Waals surface area (Å²) in [5.41, 5.74) is 2.03. The van der Waals surface area contributed by atoms with E-state index in [1.54, 1.807) is 42.6 Å². The summed E-state index contributed by atoms with van der Waals surface area (Å²) in [6.45, 7) is 0. The normalized spacial score (nSPS) is 13.2. The zero-order chi connectivity index (χ0) is 19.5. The number of carbonyl (C=O) groups is 2. The minimum absolute atomic E-state index is 0.00270. The zero-order valence-electron chi connectivity index (χ0n) is 14.9. The van der Waals surface area contributed by atoms with E-state index in [1.165, 1.54) is 23.5 Å². The Morgan fingerprint density at radius 2 is 1.89 bits per heavy atom. The van der Waals surface area contributed by atoms with Crippen molar-refractivity contribution in [1.29, 1.82) is 0 Å². The summed E-state index contributed by atoms with van der Waals surface area (Å²) in [4.78, 5) is 29.6. The van der Waals surface area contributed by atoms with Crippen LogP contribution in [0.25, 0.3) is 0 Å². The number of hydrogen-bond donors (Lipinski definition) is 2. The summed E-state index contributed by atoms with van der Waals surface area (Å²) in [5, 5.41) is 6.12. The quantitative estimate of drug-likeness (QED) is 0.647. The molecule has 1 saturated carbocycles. The van der Waals surface area contributed by atoms with Gasteiger partial charge in [-0.2, -0.15) is 0 Å². The zero-order valence-corrected chi connectivity index (χ0v) is 15.8. The van der Waals surface area contributed by atoms with Gasteiger partial charge in [0.1, 0.15) is 5.82 Å². The van der Waals surface area contributed by atoms with Crippen molar-refractivity contribution in [2.75, 3.05) is 10.6 Å². The molecule has 0 radical (unpaired) electrons. The van der Waals surface area contributed by atoms with Crippen LogP contribution in [0.2, 0.25) is 0 Å². The van der Waals surface area contributed by atoms with Crippen LogP contribution < -0.4 is 10.6 Å². The topological polar surface area (TPSA) is 71.1 Å². The number of aromatic nitrogens is 1. The Morgan fingerprint density at radius 3 is 2.64 bits per heavy atom. The summed E-state index contributed by atoms with van der Waals surface area (Å²) in [6, 6.07) is 13.2. The Kier molecular flexibility index (Phi) is 5.16. The molecule has 4 rings (SSSR count). The summed E-state index contributed by atoms with van der Waals surface area (Å²) in [7, 11) is 0. The highest BCUT2D eigenvalue weighted by molar-refractivity contribution is 7.15. The van der Waals surface area contributed by atoms with Gasteiger partial charge < -0.3 is 5.32 Å². The largest absolute Gasteiger partial charge is 0.326 e. The molecule has 5 nitrogen and oxygen atoms in total. The highest BCUT2D eigenvalue weighted by Crippen LogP contribution is 2.30. The fourth-order valence-electron chi connectivity index (χ4n) is 2.75. The predicted molar refractivity (Wildman–Crippen MR) is 107 cm³/mol. The molecule has 1 aliphatic carbocycles. The number of rotatable bonds is 6. The molecule has 0 saturated heterocycles. The van der Waals surface area contributed by atoms with Gasteiger partial charge >= 0.3 is 0 Å². The van der Waals surface area contributed by atoms with Crippen molar-refractivity contribution < 1.29 is 14.0 Å². The van der Waals surface area contributed by atoms with E-state index < -0.39 is 0 Å². The Balaban J connectivity index is 1.39. The van der Waals surface area contributed by atoms with Crippen molar-refractivity contribution in [2.45, 2.75) is 19.3 Å². The molecule has 1 aliphatic rings. The maximum Gasteiger partial charge on any atom is 0.257 e. The van der Waals surface area contributed by atoms with E-state index in [-0.39, 0.29) is 23.5 Å². The molecule has 1 heterocycles. The highest BCUT2D eigenvalue weighted by atomic mass is 32.1. The van der Waals surface area contributed by atoms with Crippen LogP contribution in [0.5, 0.6) is 0 Å². The van der Waals surface area contributed by atoms with Crippen LogP contribution in [0.3, 0.4) is 0 Å². The second-order valence-electron chi connectivity index (χ2n) is 6.73. The highest BCUT2D eigenvalue weighted by Gasteiger charge is 2.29. The minimum Gasteiger partial charge on any atom is -0.326 e. The van der Waals surface area contributed by atoms with E-state index in [1.807, 2.05) is 0 Å². The van der Waals surface area contributed by atoms with Gasteiger partial charge in [-0.1, -0.05) is 18.2 Å². The second kappa shape index (κ2) is 7.90. The van der Waals surface area contributed by atoms with Crippen LogP contribution >= 0.6 is 11.3 Å². The number of hydrogen-bond acceptors (Lipinski definition) is 4. The molecule has 2 amide bonds. The third-order valence-corrected chi connectivity index (χ3v) is 5.32. The van der Waals surface area contributed by atoms with Crippen LogP contribution in [-0.2, 0) is 11.2 Å². The minimum atomic E-state index is -0.287. The summed E-state index contributed by atoms with van der Waals surface area (Å²) < 4.78 is 13.0. The lowest BCUT2D eigenvalue weighted by Crippen LogP contribution is -2.15. The predicted octanol–water partition coefficient (Wildman–Crippen LogP) is 4.47. The summed E-state index contributed by atoms with van der Waals surface area (Å²) in [5.74, 6) is -0.447. The molecule has 0 unspecified atom stereocenters. The molecule has 28 heavy (non-hydrogen) atoms. The average Bonchev–Trinajstić information content (AvgIpc) is 3.46. The lowest BCUT2D eigenvalue weighted by molar-refractivity contribution is -0.117.